The molecule has 6 heteroatoms. The third kappa shape index (κ3) is 3.89. The zero-order valence-electron chi connectivity index (χ0n) is 13.2. The number of nitriles is 1. The molecular weight excluding hydrogens is 342 g/mol. The van der Waals surface area contributed by atoms with Crippen molar-refractivity contribution in [1.82, 2.24) is 0 Å². The first-order chi connectivity index (χ1) is 11.7. The van der Waals surface area contributed by atoms with Gasteiger partial charge < -0.3 is 5.32 Å². The van der Waals surface area contributed by atoms with E-state index in [4.69, 9.17) is 11.6 Å². The Balaban J connectivity index is 1.76. The summed E-state index contributed by atoms with van der Waals surface area (Å²) >= 11 is 7.37. The summed E-state index contributed by atoms with van der Waals surface area (Å²) in [6, 6.07) is 8.84. The SMILES string of the molecule is N#Cc1c(NC(=O)Nc2ccc(Cl)cc2)sc2c1CCCCCC2. The van der Waals surface area contributed by atoms with Crippen LogP contribution in [0.4, 0.5) is 15.5 Å². The molecule has 0 fully saturated rings. The van der Waals surface area contributed by atoms with E-state index in [0.717, 1.165) is 31.2 Å². The van der Waals surface area contributed by atoms with E-state index < -0.39 is 0 Å². The molecule has 0 bridgehead atoms. The number of thiophene rings is 1. The molecule has 1 aliphatic rings. The standard InChI is InChI=1S/C18H18ClN3OS/c19-12-7-9-13(10-8-12)21-18(23)22-17-15(11-20)14-5-3-1-2-4-6-16(14)24-17/h7-10H,1-6H2,(H2,21,22,23). The molecule has 2 aromatic rings. The van der Waals surface area contributed by atoms with Gasteiger partial charge in [-0.3, -0.25) is 5.32 Å². The number of nitrogens with zero attached hydrogens (tertiary/aromatic N) is 1. The molecule has 1 heterocycles. The number of amides is 2. The molecule has 1 aliphatic carbocycles. The second-order valence-corrected chi connectivity index (χ2v) is 7.36. The van der Waals surface area contributed by atoms with Gasteiger partial charge >= 0.3 is 6.03 Å². The van der Waals surface area contributed by atoms with E-state index >= 15 is 0 Å². The first kappa shape index (κ1) is 16.8. The minimum absolute atomic E-state index is 0.344. The lowest BCUT2D eigenvalue weighted by Crippen LogP contribution is -2.19. The summed E-state index contributed by atoms with van der Waals surface area (Å²) in [5, 5.41) is 16.4. The van der Waals surface area contributed by atoms with Crippen LogP contribution in [0.3, 0.4) is 0 Å². The fourth-order valence-corrected chi connectivity index (χ4v) is 4.29. The normalized spacial score (nSPS) is 14.0. The summed E-state index contributed by atoms with van der Waals surface area (Å²) in [4.78, 5) is 13.5. The number of hydrogen-bond donors (Lipinski definition) is 2. The molecule has 124 valence electrons. The van der Waals surface area contributed by atoms with Crippen molar-refractivity contribution in [3.05, 3.63) is 45.3 Å². The van der Waals surface area contributed by atoms with Gasteiger partial charge in [-0.05, 0) is 55.5 Å². The maximum atomic E-state index is 12.2. The number of aryl methyl sites for hydroxylation is 1. The number of fused-ring (bicyclic) bond motifs is 1. The monoisotopic (exact) mass is 359 g/mol. The molecule has 2 N–H and O–H groups in total. The van der Waals surface area contributed by atoms with Gasteiger partial charge in [0.2, 0.25) is 0 Å². The van der Waals surface area contributed by atoms with Gasteiger partial charge in [-0.1, -0.05) is 24.4 Å². The topological polar surface area (TPSA) is 64.9 Å². The number of carbonyl (C=O) groups excluding carboxylic acids is 1. The molecule has 0 spiro atoms. The van der Waals surface area contributed by atoms with Crippen LogP contribution in [0, 0.1) is 11.3 Å². The molecule has 0 saturated heterocycles. The first-order valence-electron chi connectivity index (χ1n) is 8.05. The Morgan fingerprint density at radius 2 is 1.79 bits per heavy atom. The van der Waals surface area contributed by atoms with Gasteiger partial charge in [0.25, 0.3) is 0 Å². The molecule has 1 aromatic heterocycles. The van der Waals surface area contributed by atoms with Gasteiger partial charge in [0.1, 0.15) is 11.1 Å². The van der Waals surface area contributed by atoms with E-state index in [-0.39, 0.29) is 6.03 Å². The largest absolute Gasteiger partial charge is 0.324 e. The number of hydrogen-bond acceptors (Lipinski definition) is 3. The van der Waals surface area contributed by atoms with E-state index in [1.165, 1.54) is 29.1 Å². The highest BCUT2D eigenvalue weighted by molar-refractivity contribution is 7.16. The number of benzene rings is 1. The van der Waals surface area contributed by atoms with Crippen molar-refractivity contribution in [2.45, 2.75) is 38.5 Å². The maximum Gasteiger partial charge on any atom is 0.324 e. The Morgan fingerprint density at radius 3 is 2.50 bits per heavy atom. The molecule has 0 aliphatic heterocycles. The predicted molar refractivity (Wildman–Crippen MR) is 99.0 cm³/mol. The Kier molecular flexibility index (Phi) is 5.39. The summed E-state index contributed by atoms with van der Waals surface area (Å²) < 4.78 is 0. The molecule has 2 amide bonds. The Morgan fingerprint density at radius 1 is 1.08 bits per heavy atom. The Bertz CT molecular complexity index is 777. The summed E-state index contributed by atoms with van der Waals surface area (Å²) in [6.07, 6.45) is 6.62. The van der Waals surface area contributed by atoms with E-state index in [9.17, 15) is 10.1 Å². The molecule has 3 rings (SSSR count). The summed E-state index contributed by atoms with van der Waals surface area (Å²) in [7, 11) is 0. The third-order valence-corrected chi connectivity index (χ3v) is 5.57. The van der Waals surface area contributed by atoms with Gasteiger partial charge in [-0.15, -0.1) is 11.3 Å². The van der Waals surface area contributed by atoms with Gasteiger partial charge in [0, 0.05) is 15.6 Å². The van der Waals surface area contributed by atoms with Crippen molar-refractivity contribution < 1.29 is 4.79 Å². The third-order valence-electron chi connectivity index (χ3n) is 4.11. The number of urea groups is 1. The van der Waals surface area contributed by atoms with E-state index in [1.54, 1.807) is 24.3 Å². The minimum Gasteiger partial charge on any atom is -0.308 e. The van der Waals surface area contributed by atoms with Crippen LogP contribution < -0.4 is 10.6 Å². The van der Waals surface area contributed by atoms with Crippen LogP contribution in [0.2, 0.25) is 5.02 Å². The Hall–Kier alpha value is -2.03. The molecule has 4 nitrogen and oxygen atoms in total. The van der Waals surface area contributed by atoms with Crippen LogP contribution in [0.5, 0.6) is 0 Å². The van der Waals surface area contributed by atoms with E-state index in [1.807, 2.05) is 0 Å². The van der Waals surface area contributed by atoms with Crippen LogP contribution in [-0.4, -0.2) is 6.03 Å². The second-order valence-electron chi connectivity index (χ2n) is 5.82. The molecule has 0 unspecified atom stereocenters. The lowest BCUT2D eigenvalue weighted by molar-refractivity contribution is 0.262. The van der Waals surface area contributed by atoms with E-state index in [2.05, 4.69) is 16.7 Å². The number of carbonyl (C=O) groups is 1. The molecule has 0 radical (unpaired) electrons. The number of halogens is 1. The zero-order valence-corrected chi connectivity index (χ0v) is 14.8. The summed E-state index contributed by atoms with van der Waals surface area (Å²) in [5.41, 5.74) is 2.41. The van der Waals surface area contributed by atoms with Crippen molar-refractivity contribution >= 4 is 39.7 Å². The van der Waals surface area contributed by atoms with Crippen LogP contribution in [0.15, 0.2) is 24.3 Å². The maximum absolute atomic E-state index is 12.2. The molecule has 0 atom stereocenters. The fourth-order valence-electron chi connectivity index (χ4n) is 2.92. The lowest BCUT2D eigenvalue weighted by Gasteiger charge is -2.09. The van der Waals surface area contributed by atoms with Gasteiger partial charge in [0.15, 0.2) is 0 Å². The van der Waals surface area contributed by atoms with Gasteiger partial charge in [-0.2, -0.15) is 5.26 Å². The van der Waals surface area contributed by atoms with Crippen molar-refractivity contribution in [1.29, 1.82) is 5.26 Å². The molecular formula is C18H18ClN3OS. The predicted octanol–water partition coefficient (Wildman–Crippen LogP) is 5.58. The quantitative estimate of drug-likeness (QED) is 0.735. The van der Waals surface area contributed by atoms with Crippen LogP contribution in [0.25, 0.3) is 0 Å². The number of rotatable bonds is 2. The molecule has 1 aromatic carbocycles. The fraction of sp³-hybridized carbons (Fsp3) is 0.333. The first-order valence-corrected chi connectivity index (χ1v) is 9.25. The van der Waals surface area contributed by atoms with Crippen LogP contribution in [0.1, 0.15) is 41.7 Å². The zero-order chi connectivity index (χ0) is 16.9. The Labute approximate surface area is 150 Å². The number of anilines is 2. The highest BCUT2D eigenvalue weighted by Gasteiger charge is 2.20. The van der Waals surface area contributed by atoms with Crippen molar-refractivity contribution in [2.24, 2.45) is 0 Å². The van der Waals surface area contributed by atoms with Gasteiger partial charge in [0.05, 0.1) is 5.56 Å². The highest BCUT2D eigenvalue weighted by Crippen LogP contribution is 2.36. The lowest BCUT2D eigenvalue weighted by atomic mass is 9.97. The number of nitrogens with one attached hydrogen (secondary N) is 2. The van der Waals surface area contributed by atoms with Crippen molar-refractivity contribution in [3.63, 3.8) is 0 Å². The van der Waals surface area contributed by atoms with Crippen LogP contribution in [-0.2, 0) is 12.8 Å². The second kappa shape index (κ2) is 7.69. The molecule has 24 heavy (non-hydrogen) atoms. The highest BCUT2D eigenvalue weighted by atomic mass is 35.5. The average Bonchev–Trinajstić information content (AvgIpc) is 2.85. The molecule has 0 saturated carbocycles. The summed E-state index contributed by atoms with van der Waals surface area (Å²) in [6.45, 7) is 0. The van der Waals surface area contributed by atoms with Crippen LogP contribution >= 0.6 is 22.9 Å². The van der Waals surface area contributed by atoms with E-state index in [0.29, 0.717) is 21.3 Å². The van der Waals surface area contributed by atoms with Crippen molar-refractivity contribution in [2.75, 3.05) is 10.6 Å². The van der Waals surface area contributed by atoms with Crippen molar-refractivity contribution in [3.8, 4) is 6.07 Å². The average molecular weight is 360 g/mol. The smallest absolute Gasteiger partial charge is 0.308 e. The minimum atomic E-state index is -0.344. The summed E-state index contributed by atoms with van der Waals surface area (Å²) in [5.74, 6) is 0. The van der Waals surface area contributed by atoms with Gasteiger partial charge in [-0.25, -0.2) is 4.79 Å².